The Morgan fingerprint density at radius 3 is 2.43 bits per heavy atom. The second-order valence-electron chi connectivity index (χ2n) is 7.72. The zero-order valence-corrected chi connectivity index (χ0v) is 18.3. The molecule has 2 aliphatic rings. The van der Waals surface area contributed by atoms with Gasteiger partial charge in [0, 0.05) is 31.1 Å². The lowest BCUT2D eigenvalue weighted by Crippen LogP contribution is -2.51. The van der Waals surface area contributed by atoms with Gasteiger partial charge in [0.25, 0.3) is 5.91 Å². The third kappa shape index (κ3) is 5.05. The Kier molecular flexibility index (Phi) is 7.20. The summed E-state index contributed by atoms with van der Waals surface area (Å²) in [5.74, 6) is -0.397. The number of amides is 2. The van der Waals surface area contributed by atoms with Gasteiger partial charge in [-0.2, -0.15) is 0 Å². The van der Waals surface area contributed by atoms with E-state index in [2.05, 4.69) is 15.5 Å². The minimum atomic E-state index is -0.272. The van der Waals surface area contributed by atoms with Crippen molar-refractivity contribution in [1.29, 1.82) is 0 Å². The molecule has 3 atom stereocenters. The number of carbonyl (C=O) groups excluding carboxylic acids is 3. The minimum Gasteiger partial charge on any atom is -0.496 e. The van der Waals surface area contributed by atoms with Crippen molar-refractivity contribution in [3.8, 4) is 5.75 Å². The summed E-state index contributed by atoms with van der Waals surface area (Å²) >= 11 is 6.24. The first-order chi connectivity index (χ1) is 14.3. The molecule has 1 aromatic carbocycles. The zero-order chi connectivity index (χ0) is 21.8. The standard InChI is InChI=1S/C21H28ClN3O5/c1-4-30-20(27)11-25-14-5-6-15(25)8-13(7-14)24-21(28)16-9-17(22)18(23-12(2)26)10-19(16)29-3/h9-10,13-15H,4-8,11H2,1-3H3,(H,23,26)(H,24,28)/t13?,14-,15+. The van der Waals surface area contributed by atoms with Crippen LogP contribution >= 0.6 is 11.6 Å². The number of fused-ring (bicyclic) bond motifs is 2. The topological polar surface area (TPSA) is 97.0 Å². The van der Waals surface area contributed by atoms with Crippen LogP contribution in [0.25, 0.3) is 0 Å². The molecule has 1 aromatic rings. The first-order valence-electron chi connectivity index (χ1n) is 10.2. The number of methoxy groups -OCH3 is 1. The maximum atomic E-state index is 12.9. The Bertz CT molecular complexity index is 817. The highest BCUT2D eigenvalue weighted by Crippen LogP contribution is 2.36. The third-order valence-corrected chi connectivity index (χ3v) is 5.99. The highest BCUT2D eigenvalue weighted by atomic mass is 35.5. The van der Waals surface area contributed by atoms with Gasteiger partial charge in [-0.05, 0) is 38.7 Å². The minimum absolute atomic E-state index is 0.00643. The molecule has 2 saturated heterocycles. The highest BCUT2D eigenvalue weighted by molar-refractivity contribution is 6.34. The summed E-state index contributed by atoms with van der Waals surface area (Å²) in [7, 11) is 1.46. The average Bonchev–Trinajstić information content (AvgIpc) is 2.91. The van der Waals surface area contributed by atoms with Crippen LogP contribution in [0.15, 0.2) is 12.1 Å². The van der Waals surface area contributed by atoms with Crippen molar-refractivity contribution in [2.24, 2.45) is 0 Å². The summed E-state index contributed by atoms with van der Waals surface area (Å²) < 4.78 is 10.4. The van der Waals surface area contributed by atoms with E-state index in [4.69, 9.17) is 21.1 Å². The van der Waals surface area contributed by atoms with Gasteiger partial charge in [0.15, 0.2) is 0 Å². The summed E-state index contributed by atoms with van der Waals surface area (Å²) in [5.41, 5.74) is 0.709. The predicted octanol–water partition coefficient (Wildman–Crippen LogP) is 2.60. The molecule has 2 heterocycles. The predicted molar refractivity (Wildman–Crippen MR) is 113 cm³/mol. The van der Waals surface area contributed by atoms with Crippen molar-refractivity contribution in [2.75, 3.05) is 25.6 Å². The van der Waals surface area contributed by atoms with Crippen LogP contribution in [0.1, 0.15) is 49.9 Å². The number of piperidine rings is 1. The van der Waals surface area contributed by atoms with Crippen LogP contribution in [-0.2, 0) is 14.3 Å². The summed E-state index contributed by atoms with van der Waals surface area (Å²) in [4.78, 5) is 38.3. The van der Waals surface area contributed by atoms with Gasteiger partial charge in [0.2, 0.25) is 5.91 Å². The smallest absolute Gasteiger partial charge is 0.320 e. The van der Waals surface area contributed by atoms with Gasteiger partial charge < -0.3 is 20.1 Å². The molecule has 8 nitrogen and oxygen atoms in total. The van der Waals surface area contributed by atoms with Gasteiger partial charge >= 0.3 is 5.97 Å². The van der Waals surface area contributed by atoms with E-state index in [-0.39, 0.29) is 40.9 Å². The van der Waals surface area contributed by atoms with Crippen LogP contribution in [0.2, 0.25) is 5.02 Å². The molecule has 2 fully saturated rings. The molecule has 0 aliphatic carbocycles. The molecule has 0 radical (unpaired) electrons. The largest absolute Gasteiger partial charge is 0.496 e. The fraction of sp³-hybridized carbons (Fsp3) is 0.571. The first-order valence-corrected chi connectivity index (χ1v) is 10.6. The zero-order valence-electron chi connectivity index (χ0n) is 17.5. The van der Waals surface area contributed by atoms with Crippen molar-refractivity contribution < 1.29 is 23.9 Å². The number of halogens is 1. The number of rotatable bonds is 7. The lowest BCUT2D eigenvalue weighted by Gasteiger charge is -2.38. The molecule has 1 unspecified atom stereocenters. The second kappa shape index (κ2) is 9.66. The summed E-state index contributed by atoms with van der Waals surface area (Å²) in [5, 5.41) is 5.97. The van der Waals surface area contributed by atoms with Crippen molar-refractivity contribution in [3.63, 3.8) is 0 Å². The molecule has 2 amide bonds. The van der Waals surface area contributed by atoms with Crippen molar-refractivity contribution in [1.82, 2.24) is 10.2 Å². The van der Waals surface area contributed by atoms with Gasteiger partial charge in [-0.3, -0.25) is 19.3 Å². The number of nitrogens with one attached hydrogen (secondary N) is 2. The quantitative estimate of drug-likeness (QED) is 0.636. The molecule has 0 spiro atoms. The number of ether oxygens (including phenoxy) is 2. The molecule has 2 aliphatic heterocycles. The lowest BCUT2D eigenvalue weighted by atomic mass is 9.96. The number of nitrogens with zero attached hydrogens (tertiary/aromatic N) is 1. The van der Waals surface area contributed by atoms with Crippen LogP contribution < -0.4 is 15.4 Å². The third-order valence-electron chi connectivity index (χ3n) is 5.68. The molecular weight excluding hydrogens is 410 g/mol. The van der Waals surface area contributed by atoms with Crippen LogP contribution in [0.3, 0.4) is 0 Å². The molecule has 2 N–H and O–H groups in total. The monoisotopic (exact) mass is 437 g/mol. The van der Waals surface area contributed by atoms with Gasteiger partial charge in [-0.25, -0.2) is 0 Å². The van der Waals surface area contributed by atoms with Crippen LogP contribution in [0.5, 0.6) is 5.75 Å². The Morgan fingerprint density at radius 2 is 1.87 bits per heavy atom. The molecule has 30 heavy (non-hydrogen) atoms. The molecule has 0 aromatic heterocycles. The maximum Gasteiger partial charge on any atom is 0.320 e. The normalized spacial score (nSPS) is 23.0. The first kappa shape index (κ1) is 22.4. The number of benzene rings is 1. The molecule has 9 heteroatoms. The fourth-order valence-electron chi connectivity index (χ4n) is 4.45. The van der Waals surface area contributed by atoms with Crippen LogP contribution in [0.4, 0.5) is 5.69 Å². The van der Waals surface area contributed by atoms with Gasteiger partial charge in [-0.1, -0.05) is 11.6 Å². The van der Waals surface area contributed by atoms with E-state index in [1.165, 1.54) is 20.1 Å². The van der Waals surface area contributed by atoms with Gasteiger partial charge in [0.1, 0.15) is 5.75 Å². The summed E-state index contributed by atoms with van der Waals surface area (Å²) in [6.45, 7) is 3.87. The van der Waals surface area contributed by atoms with E-state index in [9.17, 15) is 14.4 Å². The van der Waals surface area contributed by atoms with E-state index in [1.54, 1.807) is 13.0 Å². The van der Waals surface area contributed by atoms with E-state index < -0.39 is 0 Å². The molecule has 3 rings (SSSR count). The average molecular weight is 438 g/mol. The van der Waals surface area contributed by atoms with Gasteiger partial charge in [-0.15, -0.1) is 0 Å². The Morgan fingerprint density at radius 1 is 1.20 bits per heavy atom. The number of carbonyl (C=O) groups is 3. The van der Waals surface area contributed by atoms with Gasteiger partial charge in [0.05, 0.1) is 36.5 Å². The lowest BCUT2D eigenvalue weighted by molar-refractivity contribution is -0.145. The maximum absolute atomic E-state index is 12.9. The molecular formula is C21H28ClN3O5. The molecule has 2 bridgehead atoms. The van der Waals surface area contributed by atoms with E-state index in [0.29, 0.717) is 30.2 Å². The van der Waals surface area contributed by atoms with E-state index in [0.717, 1.165) is 25.7 Å². The van der Waals surface area contributed by atoms with Crippen LogP contribution in [0, 0.1) is 0 Å². The summed E-state index contributed by atoms with van der Waals surface area (Å²) in [6.07, 6.45) is 3.58. The van der Waals surface area contributed by atoms with E-state index in [1.807, 2.05) is 0 Å². The Balaban J connectivity index is 1.67. The highest BCUT2D eigenvalue weighted by Gasteiger charge is 2.42. The molecule has 0 saturated carbocycles. The summed E-state index contributed by atoms with van der Waals surface area (Å²) in [6, 6.07) is 3.57. The fourth-order valence-corrected chi connectivity index (χ4v) is 4.67. The van der Waals surface area contributed by atoms with Crippen molar-refractivity contribution in [2.45, 2.75) is 57.7 Å². The Labute approximate surface area is 181 Å². The number of hydrogen-bond acceptors (Lipinski definition) is 6. The SMILES string of the molecule is CCOC(=O)CN1[C@@H]2CC[C@H]1CC(NC(=O)c1cc(Cl)c(NC(C)=O)cc1OC)C2. The Hall–Kier alpha value is -2.32. The second-order valence-corrected chi connectivity index (χ2v) is 8.12. The number of anilines is 1. The van der Waals surface area contributed by atoms with Crippen molar-refractivity contribution >= 4 is 35.1 Å². The number of esters is 1. The number of hydrogen-bond donors (Lipinski definition) is 2. The van der Waals surface area contributed by atoms with Crippen molar-refractivity contribution in [3.05, 3.63) is 22.7 Å². The van der Waals surface area contributed by atoms with E-state index >= 15 is 0 Å². The molecule has 164 valence electrons. The van der Waals surface area contributed by atoms with Crippen LogP contribution in [-0.4, -0.2) is 61.1 Å².